The summed E-state index contributed by atoms with van der Waals surface area (Å²) in [5.41, 5.74) is 9.51. The van der Waals surface area contributed by atoms with Crippen molar-refractivity contribution in [2.45, 2.75) is 12.2 Å². The zero-order valence-corrected chi connectivity index (χ0v) is 9.92. The smallest absolute Gasteiger partial charge is 0.166 e. The molecular formula is C12H12N4O3. The summed E-state index contributed by atoms with van der Waals surface area (Å²) >= 11 is 0. The Bertz CT molecular complexity index is 561. The van der Waals surface area contributed by atoms with Gasteiger partial charge in [-0.15, -0.1) is 0 Å². The number of aromatic nitrogens is 1. The van der Waals surface area contributed by atoms with E-state index >= 15 is 0 Å². The van der Waals surface area contributed by atoms with Crippen molar-refractivity contribution in [3.8, 4) is 11.3 Å². The molecule has 19 heavy (non-hydrogen) atoms. The standard InChI is InChI=1S/C12H12N4O3/c13-16-14-7-10(17)12(18)9-3-1-8(2-4-9)11-5-6-15-19-11/h1-6,10,12,17-18H,7H2. The average molecular weight is 260 g/mol. The molecule has 1 heterocycles. The molecule has 0 radical (unpaired) electrons. The molecule has 0 spiro atoms. The minimum Gasteiger partial charge on any atom is -0.390 e. The van der Waals surface area contributed by atoms with E-state index in [1.165, 1.54) is 0 Å². The van der Waals surface area contributed by atoms with Crippen LogP contribution < -0.4 is 0 Å². The van der Waals surface area contributed by atoms with E-state index in [0.717, 1.165) is 5.56 Å². The van der Waals surface area contributed by atoms with Crippen LogP contribution in [0.25, 0.3) is 21.8 Å². The number of hydrogen-bond acceptors (Lipinski definition) is 5. The summed E-state index contributed by atoms with van der Waals surface area (Å²) in [4.78, 5) is 2.53. The van der Waals surface area contributed by atoms with Crippen molar-refractivity contribution in [1.82, 2.24) is 5.16 Å². The predicted molar refractivity (Wildman–Crippen MR) is 66.9 cm³/mol. The molecule has 7 nitrogen and oxygen atoms in total. The molecule has 0 bridgehead atoms. The summed E-state index contributed by atoms with van der Waals surface area (Å²) in [7, 11) is 0. The van der Waals surface area contributed by atoms with Gasteiger partial charge in [0, 0.05) is 16.5 Å². The topological polar surface area (TPSA) is 115 Å². The van der Waals surface area contributed by atoms with Crippen molar-refractivity contribution in [3.05, 3.63) is 52.5 Å². The number of azide groups is 1. The fraction of sp³-hybridized carbons (Fsp3) is 0.250. The van der Waals surface area contributed by atoms with E-state index in [2.05, 4.69) is 15.2 Å². The first kappa shape index (κ1) is 13.1. The van der Waals surface area contributed by atoms with Crippen LogP contribution in [0.5, 0.6) is 0 Å². The van der Waals surface area contributed by atoms with E-state index in [1.54, 1.807) is 36.5 Å². The first-order valence-electron chi connectivity index (χ1n) is 5.60. The van der Waals surface area contributed by atoms with Crippen molar-refractivity contribution in [1.29, 1.82) is 0 Å². The molecule has 2 N–H and O–H groups in total. The summed E-state index contributed by atoms with van der Waals surface area (Å²) in [6.45, 7) is -0.179. The van der Waals surface area contributed by atoms with Crippen LogP contribution in [0.15, 0.2) is 46.2 Å². The van der Waals surface area contributed by atoms with Gasteiger partial charge in [0.1, 0.15) is 6.10 Å². The highest BCUT2D eigenvalue weighted by atomic mass is 16.5. The van der Waals surface area contributed by atoms with Gasteiger partial charge in [0.25, 0.3) is 0 Å². The van der Waals surface area contributed by atoms with Crippen LogP contribution in [0.2, 0.25) is 0 Å². The maximum absolute atomic E-state index is 9.87. The molecule has 2 unspecified atom stereocenters. The molecule has 0 saturated carbocycles. The van der Waals surface area contributed by atoms with Gasteiger partial charge in [0.05, 0.1) is 18.8 Å². The highest BCUT2D eigenvalue weighted by molar-refractivity contribution is 5.57. The van der Waals surface area contributed by atoms with Gasteiger partial charge in [-0.25, -0.2) is 0 Å². The van der Waals surface area contributed by atoms with Crippen molar-refractivity contribution in [3.63, 3.8) is 0 Å². The van der Waals surface area contributed by atoms with Gasteiger partial charge in [-0.05, 0) is 11.1 Å². The number of rotatable bonds is 5. The number of benzene rings is 1. The molecule has 2 atom stereocenters. The number of nitrogens with zero attached hydrogens (tertiary/aromatic N) is 4. The second kappa shape index (κ2) is 6.01. The van der Waals surface area contributed by atoms with E-state index in [4.69, 9.17) is 10.1 Å². The van der Waals surface area contributed by atoms with Gasteiger partial charge in [-0.2, -0.15) is 0 Å². The van der Waals surface area contributed by atoms with Gasteiger partial charge in [0.2, 0.25) is 0 Å². The second-order valence-corrected chi connectivity index (χ2v) is 3.92. The third-order valence-corrected chi connectivity index (χ3v) is 2.67. The van der Waals surface area contributed by atoms with E-state index in [0.29, 0.717) is 11.3 Å². The first-order chi connectivity index (χ1) is 9.22. The summed E-state index contributed by atoms with van der Waals surface area (Å²) in [5, 5.41) is 26.3. The van der Waals surface area contributed by atoms with Crippen LogP contribution in [-0.4, -0.2) is 28.0 Å². The Labute approximate surface area is 108 Å². The van der Waals surface area contributed by atoms with Crippen molar-refractivity contribution in [2.24, 2.45) is 5.11 Å². The van der Waals surface area contributed by atoms with Gasteiger partial charge in [-0.3, -0.25) is 0 Å². The van der Waals surface area contributed by atoms with Crippen LogP contribution in [0.4, 0.5) is 0 Å². The lowest BCUT2D eigenvalue weighted by atomic mass is 10.0. The monoisotopic (exact) mass is 260 g/mol. The molecule has 98 valence electrons. The quantitative estimate of drug-likeness (QED) is 0.486. The third kappa shape index (κ3) is 3.11. The second-order valence-electron chi connectivity index (χ2n) is 3.92. The number of aliphatic hydroxyl groups excluding tert-OH is 2. The summed E-state index contributed by atoms with van der Waals surface area (Å²) in [5.74, 6) is 0.621. The molecule has 0 amide bonds. The normalized spacial score (nSPS) is 13.6. The predicted octanol–water partition coefficient (Wildman–Crippen LogP) is 2.05. The Morgan fingerprint density at radius 1 is 1.26 bits per heavy atom. The van der Waals surface area contributed by atoms with E-state index in [9.17, 15) is 10.2 Å². The van der Waals surface area contributed by atoms with Gasteiger partial charge in [0.15, 0.2) is 5.76 Å². The van der Waals surface area contributed by atoms with Gasteiger partial charge >= 0.3 is 0 Å². The third-order valence-electron chi connectivity index (χ3n) is 2.67. The molecule has 0 fully saturated rings. The fourth-order valence-corrected chi connectivity index (χ4v) is 1.65. The Morgan fingerprint density at radius 2 is 2.00 bits per heavy atom. The first-order valence-corrected chi connectivity index (χ1v) is 5.60. The Kier molecular flexibility index (Phi) is 4.15. The van der Waals surface area contributed by atoms with Crippen LogP contribution in [0, 0.1) is 0 Å². The Hall–Kier alpha value is -2.34. The molecule has 2 rings (SSSR count). The highest BCUT2D eigenvalue weighted by Gasteiger charge is 2.17. The lowest BCUT2D eigenvalue weighted by Gasteiger charge is -2.16. The summed E-state index contributed by atoms with van der Waals surface area (Å²) in [6, 6.07) is 8.56. The molecular weight excluding hydrogens is 248 g/mol. The van der Waals surface area contributed by atoms with Crippen molar-refractivity contribution >= 4 is 0 Å². The molecule has 7 heteroatoms. The van der Waals surface area contributed by atoms with Crippen LogP contribution in [-0.2, 0) is 0 Å². The zero-order chi connectivity index (χ0) is 13.7. The molecule has 1 aromatic carbocycles. The van der Waals surface area contributed by atoms with Crippen LogP contribution in [0.1, 0.15) is 11.7 Å². The largest absolute Gasteiger partial charge is 0.390 e. The van der Waals surface area contributed by atoms with E-state index < -0.39 is 12.2 Å². The van der Waals surface area contributed by atoms with E-state index in [1.807, 2.05) is 0 Å². The lowest BCUT2D eigenvalue weighted by Crippen LogP contribution is -2.21. The zero-order valence-electron chi connectivity index (χ0n) is 9.92. The lowest BCUT2D eigenvalue weighted by molar-refractivity contribution is 0.0244. The minimum absolute atomic E-state index is 0.179. The van der Waals surface area contributed by atoms with Crippen molar-refractivity contribution < 1.29 is 14.7 Å². The fourth-order valence-electron chi connectivity index (χ4n) is 1.65. The SMILES string of the molecule is [N-]=[N+]=NCC(O)C(O)c1ccc(-c2ccno2)cc1. The van der Waals surface area contributed by atoms with Gasteiger partial charge < -0.3 is 14.7 Å². The number of hydrogen-bond donors (Lipinski definition) is 2. The molecule has 0 saturated heterocycles. The van der Waals surface area contributed by atoms with E-state index in [-0.39, 0.29) is 6.54 Å². The van der Waals surface area contributed by atoms with Crippen LogP contribution >= 0.6 is 0 Å². The molecule has 2 aromatic rings. The summed E-state index contributed by atoms with van der Waals surface area (Å²) < 4.78 is 5.00. The summed E-state index contributed by atoms with van der Waals surface area (Å²) in [6.07, 6.45) is -0.692. The molecule has 0 aliphatic rings. The Balaban J connectivity index is 2.11. The highest BCUT2D eigenvalue weighted by Crippen LogP contribution is 2.23. The molecule has 1 aromatic heterocycles. The minimum atomic E-state index is -1.13. The van der Waals surface area contributed by atoms with Gasteiger partial charge in [-0.1, -0.05) is 34.5 Å². The maximum Gasteiger partial charge on any atom is 0.166 e. The van der Waals surface area contributed by atoms with Crippen LogP contribution in [0.3, 0.4) is 0 Å². The van der Waals surface area contributed by atoms with Crippen molar-refractivity contribution in [2.75, 3.05) is 6.54 Å². The average Bonchev–Trinajstić information content (AvgIpc) is 2.98. The molecule has 0 aliphatic carbocycles. The molecule has 0 aliphatic heterocycles. The maximum atomic E-state index is 9.87. The Morgan fingerprint density at radius 3 is 2.58 bits per heavy atom. The number of aliphatic hydroxyl groups is 2.